The first-order valence-corrected chi connectivity index (χ1v) is 23.0. The van der Waals surface area contributed by atoms with Gasteiger partial charge in [-0.05, 0) is 138 Å². The Morgan fingerprint density at radius 3 is 1.64 bits per heavy atom. The largest absolute Gasteiger partial charge is 0.261 e. The molecule has 0 radical (unpaired) electrons. The highest BCUT2D eigenvalue weighted by Crippen LogP contribution is 2.37. The van der Waals surface area contributed by atoms with E-state index in [9.17, 15) is 0 Å². The van der Waals surface area contributed by atoms with Crippen LogP contribution in [-0.4, -0.2) is 28.4 Å². The standard InChI is InChI=1S/C64H45N5/c1-4-43-39-59(58-19-11-10-18-57(58)56(43)5-2)48-28-22-46(23-29-48)54-34-42(35-55(38-54)47-24-30-49(31-25-47)62-41-66-60-20-12-13-21-61(60)68-62)40-67-64(53-33-27-45-15-7-9-17-51(45)37-53)69-63(65-3)52-32-26-44-14-6-8-16-50(44)36-52/h4-39,41H,1-3,40H2. The van der Waals surface area contributed by atoms with Crippen molar-refractivity contribution in [2.45, 2.75) is 6.54 Å². The van der Waals surface area contributed by atoms with Crippen LogP contribution >= 0.6 is 0 Å². The number of para-hydroxylation sites is 2. The fourth-order valence-electron chi connectivity index (χ4n) is 9.25. The highest BCUT2D eigenvalue weighted by atomic mass is 15.0. The third-order valence-corrected chi connectivity index (χ3v) is 12.8. The number of benzene rings is 10. The van der Waals surface area contributed by atoms with Gasteiger partial charge in [0, 0.05) is 16.7 Å². The number of aliphatic imine (C=N–C) groups is 3. The Morgan fingerprint density at radius 2 is 1.01 bits per heavy atom. The van der Waals surface area contributed by atoms with E-state index in [1.807, 2.05) is 60.8 Å². The molecule has 0 fully saturated rings. The van der Waals surface area contributed by atoms with E-state index in [0.717, 1.165) is 110 Å². The molecule has 1 heterocycles. The molecule has 5 heteroatoms. The van der Waals surface area contributed by atoms with Gasteiger partial charge in [-0.15, -0.1) is 0 Å². The highest BCUT2D eigenvalue weighted by Gasteiger charge is 2.14. The predicted molar refractivity (Wildman–Crippen MR) is 293 cm³/mol. The summed E-state index contributed by atoms with van der Waals surface area (Å²) in [7, 11) is 0. The number of hydrogen-bond donors (Lipinski definition) is 0. The highest BCUT2D eigenvalue weighted by molar-refractivity contribution is 6.14. The van der Waals surface area contributed by atoms with Gasteiger partial charge in [0.1, 0.15) is 0 Å². The van der Waals surface area contributed by atoms with Crippen molar-refractivity contribution >= 4 is 73.9 Å². The monoisotopic (exact) mass is 883 g/mol. The molecule has 0 saturated heterocycles. The van der Waals surface area contributed by atoms with Gasteiger partial charge in [0.2, 0.25) is 0 Å². The summed E-state index contributed by atoms with van der Waals surface area (Å²) >= 11 is 0. The van der Waals surface area contributed by atoms with Crippen molar-refractivity contribution < 1.29 is 0 Å². The first-order valence-electron chi connectivity index (χ1n) is 23.0. The molecule has 0 spiro atoms. The van der Waals surface area contributed by atoms with Gasteiger partial charge in [-0.2, -0.15) is 0 Å². The number of fused-ring (bicyclic) bond motifs is 4. The quantitative estimate of drug-likeness (QED) is 0.101. The molecule has 0 atom stereocenters. The van der Waals surface area contributed by atoms with E-state index >= 15 is 0 Å². The van der Waals surface area contributed by atoms with Crippen LogP contribution in [0.4, 0.5) is 0 Å². The summed E-state index contributed by atoms with van der Waals surface area (Å²) in [6.45, 7) is 12.6. The molecular formula is C64H45N5. The summed E-state index contributed by atoms with van der Waals surface area (Å²) in [5.74, 6) is 1.08. The minimum Gasteiger partial charge on any atom is -0.261 e. The lowest BCUT2D eigenvalue weighted by Gasteiger charge is -2.14. The summed E-state index contributed by atoms with van der Waals surface area (Å²) in [6.07, 6.45) is 5.67. The number of nitrogens with zero attached hydrogens (tertiary/aromatic N) is 5. The molecule has 0 aliphatic heterocycles. The van der Waals surface area contributed by atoms with Crippen LogP contribution in [0.25, 0.3) is 100 Å². The molecule has 11 aromatic rings. The average Bonchev–Trinajstić information content (AvgIpc) is 3.42. The van der Waals surface area contributed by atoms with Crippen molar-refractivity contribution in [3.63, 3.8) is 0 Å². The van der Waals surface area contributed by atoms with Crippen molar-refractivity contribution in [1.29, 1.82) is 0 Å². The Hall–Kier alpha value is -9.19. The zero-order chi connectivity index (χ0) is 46.7. The normalized spacial score (nSPS) is 11.9. The summed E-state index contributed by atoms with van der Waals surface area (Å²) in [5.41, 5.74) is 15.1. The lowest BCUT2D eigenvalue weighted by atomic mass is 9.90. The zero-order valence-corrected chi connectivity index (χ0v) is 37.9. The molecule has 10 aromatic carbocycles. The zero-order valence-electron chi connectivity index (χ0n) is 37.9. The molecule has 5 nitrogen and oxygen atoms in total. The van der Waals surface area contributed by atoms with Crippen molar-refractivity contribution in [2.75, 3.05) is 0 Å². The molecule has 69 heavy (non-hydrogen) atoms. The Labute approximate surface area is 401 Å². The van der Waals surface area contributed by atoms with Crippen molar-refractivity contribution in [2.24, 2.45) is 15.0 Å². The minimum absolute atomic E-state index is 0.365. The number of rotatable bonds is 10. The van der Waals surface area contributed by atoms with Crippen LogP contribution in [-0.2, 0) is 6.54 Å². The van der Waals surface area contributed by atoms with Crippen LogP contribution < -0.4 is 0 Å². The lowest BCUT2D eigenvalue weighted by Crippen LogP contribution is -2.06. The number of amidine groups is 2. The van der Waals surface area contributed by atoms with E-state index in [-0.39, 0.29) is 0 Å². The second-order valence-corrected chi connectivity index (χ2v) is 17.1. The maximum absolute atomic E-state index is 5.32. The first-order chi connectivity index (χ1) is 34.0. The second kappa shape index (κ2) is 18.6. The van der Waals surface area contributed by atoms with Crippen molar-refractivity contribution in [3.05, 3.63) is 253 Å². The van der Waals surface area contributed by atoms with Crippen LogP contribution in [0.2, 0.25) is 0 Å². The second-order valence-electron chi connectivity index (χ2n) is 17.1. The summed E-state index contributed by atoms with van der Waals surface area (Å²) in [6, 6.07) is 72.0. The average molecular weight is 884 g/mol. The molecule has 0 saturated carbocycles. The van der Waals surface area contributed by atoms with Gasteiger partial charge in [0.15, 0.2) is 11.7 Å². The summed E-state index contributed by atoms with van der Waals surface area (Å²) in [4.78, 5) is 24.6. The molecule has 326 valence electrons. The molecule has 0 N–H and O–H groups in total. The van der Waals surface area contributed by atoms with Gasteiger partial charge in [-0.1, -0.05) is 183 Å². The Bertz CT molecular complexity index is 3860. The Kier molecular flexibility index (Phi) is 11.4. The SMILES string of the molecule is C=Cc1cc(-c2ccc(-c3cc(CN=C(N=C(N=C)c4ccc5ccccc5c4)c4ccc5ccccc5c4)cc(-c4ccc(-c5cnc6ccccc6n5)cc4)c3)cc2)c2ccccc2c1C=C. The van der Waals surface area contributed by atoms with E-state index in [2.05, 4.69) is 194 Å². The fraction of sp³-hybridized carbons (Fsp3) is 0.0156. The third-order valence-electron chi connectivity index (χ3n) is 12.8. The topological polar surface area (TPSA) is 62.9 Å². The molecule has 0 aliphatic rings. The number of hydrogen-bond acceptors (Lipinski definition) is 3. The van der Waals surface area contributed by atoms with Crippen LogP contribution in [0, 0.1) is 0 Å². The third kappa shape index (κ3) is 8.57. The van der Waals surface area contributed by atoms with Gasteiger partial charge in [-0.25, -0.2) is 15.0 Å². The first kappa shape index (κ1) is 42.4. The van der Waals surface area contributed by atoms with E-state index in [0.29, 0.717) is 18.2 Å². The minimum atomic E-state index is 0.365. The predicted octanol–water partition coefficient (Wildman–Crippen LogP) is 16.1. The van der Waals surface area contributed by atoms with Gasteiger partial charge in [0.25, 0.3) is 0 Å². The number of aromatic nitrogens is 2. The van der Waals surface area contributed by atoms with Gasteiger partial charge in [-0.3, -0.25) is 9.98 Å². The summed E-state index contributed by atoms with van der Waals surface area (Å²) < 4.78 is 0. The molecule has 0 aliphatic carbocycles. The van der Waals surface area contributed by atoms with Crippen LogP contribution in [0.3, 0.4) is 0 Å². The van der Waals surface area contributed by atoms with Crippen molar-refractivity contribution in [1.82, 2.24) is 9.97 Å². The maximum Gasteiger partial charge on any atom is 0.161 e. The molecule has 11 rings (SSSR count). The molecule has 1 aromatic heterocycles. The van der Waals surface area contributed by atoms with Gasteiger partial charge in [0.05, 0.1) is 29.5 Å². The van der Waals surface area contributed by atoms with Gasteiger partial charge < -0.3 is 0 Å². The van der Waals surface area contributed by atoms with Gasteiger partial charge >= 0.3 is 0 Å². The molecular weight excluding hydrogens is 839 g/mol. The molecule has 0 bridgehead atoms. The molecule has 0 amide bonds. The van der Waals surface area contributed by atoms with E-state index < -0.39 is 0 Å². The smallest absolute Gasteiger partial charge is 0.161 e. The van der Waals surface area contributed by atoms with Crippen LogP contribution in [0.15, 0.2) is 241 Å². The fourth-order valence-corrected chi connectivity index (χ4v) is 9.25. The lowest BCUT2D eigenvalue weighted by molar-refractivity contribution is 1.06. The van der Waals surface area contributed by atoms with Crippen LogP contribution in [0.5, 0.6) is 0 Å². The van der Waals surface area contributed by atoms with E-state index in [1.54, 1.807) is 0 Å². The summed E-state index contributed by atoms with van der Waals surface area (Å²) in [5, 5.41) is 6.83. The maximum atomic E-state index is 5.32. The van der Waals surface area contributed by atoms with Crippen LogP contribution in [0.1, 0.15) is 27.8 Å². The van der Waals surface area contributed by atoms with E-state index in [1.165, 1.54) is 5.39 Å². The van der Waals surface area contributed by atoms with E-state index in [4.69, 9.17) is 15.0 Å². The molecule has 0 unspecified atom stereocenters. The Morgan fingerprint density at radius 1 is 0.464 bits per heavy atom. The Balaban J connectivity index is 1.02. The van der Waals surface area contributed by atoms with Crippen molar-refractivity contribution in [3.8, 4) is 44.6 Å².